The first-order valence-corrected chi connectivity index (χ1v) is 8.23. The van der Waals surface area contributed by atoms with E-state index in [-0.39, 0.29) is 12.0 Å². The molecule has 1 aliphatic rings. The van der Waals surface area contributed by atoms with Gasteiger partial charge in [0.05, 0.1) is 17.2 Å². The van der Waals surface area contributed by atoms with Crippen LogP contribution < -0.4 is 4.90 Å². The van der Waals surface area contributed by atoms with Crippen molar-refractivity contribution in [1.82, 2.24) is 4.98 Å². The number of nitrogens with zero attached hydrogens (tertiary/aromatic N) is 2. The van der Waals surface area contributed by atoms with Crippen LogP contribution in [0.3, 0.4) is 0 Å². The number of thiazole rings is 1. The van der Waals surface area contributed by atoms with Crippen LogP contribution in [0.2, 0.25) is 0 Å². The molecule has 0 bridgehead atoms. The fraction of sp³-hybridized carbons (Fsp3) is 0.471. The third-order valence-corrected chi connectivity index (χ3v) is 5.04. The topological polar surface area (TPSA) is 36.4 Å². The number of aliphatic hydroxyl groups is 1. The highest BCUT2D eigenvalue weighted by Crippen LogP contribution is 2.35. The van der Waals surface area contributed by atoms with Gasteiger partial charge in [0.15, 0.2) is 5.13 Å². The van der Waals surface area contributed by atoms with Gasteiger partial charge in [-0.25, -0.2) is 4.98 Å². The molecule has 1 aromatic carbocycles. The molecule has 0 fully saturated rings. The molecule has 1 aliphatic heterocycles. The predicted molar refractivity (Wildman–Crippen MR) is 87.9 cm³/mol. The van der Waals surface area contributed by atoms with Crippen molar-refractivity contribution in [3.63, 3.8) is 0 Å². The largest absolute Gasteiger partial charge is 0.391 e. The third-order valence-electron chi connectivity index (χ3n) is 3.94. The molecule has 3 nitrogen and oxygen atoms in total. The third kappa shape index (κ3) is 2.83. The predicted octanol–water partition coefficient (Wildman–Crippen LogP) is 3.50. The van der Waals surface area contributed by atoms with Crippen molar-refractivity contribution < 1.29 is 5.11 Å². The van der Waals surface area contributed by atoms with Gasteiger partial charge in [0.2, 0.25) is 0 Å². The number of anilines is 1. The second-order valence-corrected chi connectivity index (χ2v) is 7.68. The van der Waals surface area contributed by atoms with Crippen LogP contribution in [0.5, 0.6) is 0 Å². The minimum Gasteiger partial charge on any atom is -0.391 e. The maximum atomic E-state index is 9.60. The monoisotopic (exact) mass is 302 g/mol. The summed E-state index contributed by atoms with van der Waals surface area (Å²) in [6, 6.07) is 8.63. The van der Waals surface area contributed by atoms with Crippen molar-refractivity contribution in [3.8, 4) is 0 Å². The summed E-state index contributed by atoms with van der Waals surface area (Å²) >= 11 is 1.63. The molecule has 21 heavy (non-hydrogen) atoms. The van der Waals surface area contributed by atoms with Crippen molar-refractivity contribution in [2.75, 3.05) is 11.4 Å². The number of benzene rings is 1. The summed E-state index contributed by atoms with van der Waals surface area (Å²) in [5, 5.41) is 10.6. The summed E-state index contributed by atoms with van der Waals surface area (Å²) in [6.07, 6.45) is 1.06. The first-order valence-electron chi connectivity index (χ1n) is 7.42. The van der Waals surface area contributed by atoms with E-state index in [9.17, 15) is 5.11 Å². The standard InChI is InChI=1S/C17H22N2OS/c1-17(2,3)15-14(11-20)21-16(18-15)19-9-8-12-6-4-5-7-13(12)10-19/h4-7,20H,8-11H2,1-3H3. The second kappa shape index (κ2) is 5.43. The van der Waals surface area contributed by atoms with E-state index in [1.165, 1.54) is 11.1 Å². The second-order valence-electron chi connectivity index (χ2n) is 6.62. The van der Waals surface area contributed by atoms with E-state index < -0.39 is 0 Å². The highest BCUT2D eigenvalue weighted by molar-refractivity contribution is 7.15. The first-order chi connectivity index (χ1) is 9.99. The number of rotatable bonds is 2. The molecule has 112 valence electrons. The fourth-order valence-electron chi connectivity index (χ4n) is 2.83. The Morgan fingerprint density at radius 3 is 2.57 bits per heavy atom. The normalized spacial score (nSPS) is 15.1. The summed E-state index contributed by atoms with van der Waals surface area (Å²) in [5.74, 6) is 0. The van der Waals surface area contributed by atoms with Gasteiger partial charge in [0.1, 0.15) is 0 Å². The Hall–Kier alpha value is -1.39. The van der Waals surface area contributed by atoms with Gasteiger partial charge in [-0.2, -0.15) is 0 Å². The van der Waals surface area contributed by atoms with E-state index in [2.05, 4.69) is 49.9 Å². The number of aromatic nitrogens is 1. The lowest BCUT2D eigenvalue weighted by Crippen LogP contribution is -2.30. The van der Waals surface area contributed by atoms with Crippen LogP contribution in [0, 0.1) is 0 Å². The molecule has 0 saturated heterocycles. The molecule has 0 amide bonds. The lowest BCUT2D eigenvalue weighted by atomic mass is 9.91. The molecule has 1 aromatic heterocycles. The quantitative estimate of drug-likeness (QED) is 0.922. The Labute approximate surface area is 130 Å². The molecule has 0 aliphatic carbocycles. The van der Waals surface area contributed by atoms with Gasteiger partial charge in [0, 0.05) is 18.5 Å². The lowest BCUT2D eigenvalue weighted by Gasteiger charge is -2.28. The Morgan fingerprint density at radius 1 is 1.24 bits per heavy atom. The number of hydrogen-bond acceptors (Lipinski definition) is 4. The zero-order valence-electron chi connectivity index (χ0n) is 12.9. The van der Waals surface area contributed by atoms with Gasteiger partial charge in [-0.1, -0.05) is 56.4 Å². The Kier molecular flexibility index (Phi) is 3.76. The van der Waals surface area contributed by atoms with Gasteiger partial charge in [-0.15, -0.1) is 0 Å². The summed E-state index contributed by atoms with van der Waals surface area (Å²) in [5.41, 5.74) is 3.84. The van der Waals surface area contributed by atoms with E-state index in [0.717, 1.165) is 35.2 Å². The van der Waals surface area contributed by atoms with Gasteiger partial charge < -0.3 is 10.0 Å². The average molecular weight is 302 g/mol. The number of hydrogen-bond donors (Lipinski definition) is 1. The van der Waals surface area contributed by atoms with Crippen molar-refractivity contribution in [2.24, 2.45) is 0 Å². The first kappa shape index (κ1) is 14.5. The van der Waals surface area contributed by atoms with Crippen molar-refractivity contribution in [3.05, 3.63) is 46.0 Å². The summed E-state index contributed by atoms with van der Waals surface area (Å²) < 4.78 is 0. The summed E-state index contributed by atoms with van der Waals surface area (Å²) in [4.78, 5) is 8.16. The maximum Gasteiger partial charge on any atom is 0.186 e. The van der Waals surface area contributed by atoms with Gasteiger partial charge in [-0.3, -0.25) is 0 Å². The van der Waals surface area contributed by atoms with Crippen LogP contribution in [0.15, 0.2) is 24.3 Å². The van der Waals surface area contributed by atoms with E-state index >= 15 is 0 Å². The summed E-state index contributed by atoms with van der Waals surface area (Å²) in [6.45, 7) is 8.44. The zero-order valence-corrected chi connectivity index (χ0v) is 13.7. The number of fused-ring (bicyclic) bond motifs is 1. The minimum atomic E-state index is -0.0273. The molecule has 0 saturated carbocycles. The van der Waals surface area contributed by atoms with E-state index in [4.69, 9.17) is 4.98 Å². The van der Waals surface area contributed by atoms with Crippen LogP contribution >= 0.6 is 11.3 Å². The van der Waals surface area contributed by atoms with Crippen LogP contribution in [-0.2, 0) is 25.0 Å². The zero-order chi connectivity index (χ0) is 15.0. The van der Waals surface area contributed by atoms with Gasteiger partial charge in [0.25, 0.3) is 0 Å². The minimum absolute atomic E-state index is 0.0273. The lowest BCUT2D eigenvalue weighted by molar-refractivity contribution is 0.282. The van der Waals surface area contributed by atoms with Crippen LogP contribution in [0.25, 0.3) is 0 Å². The molecule has 0 unspecified atom stereocenters. The summed E-state index contributed by atoms with van der Waals surface area (Å²) in [7, 11) is 0. The number of aliphatic hydroxyl groups excluding tert-OH is 1. The molecule has 0 spiro atoms. The highest BCUT2D eigenvalue weighted by Gasteiger charge is 2.26. The molecule has 3 rings (SSSR count). The smallest absolute Gasteiger partial charge is 0.186 e. The maximum absolute atomic E-state index is 9.60. The van der Waals surface area contributed by atoms with Crippen molar-refractivity contribution in [1.29, 1.82) is 0 Å². The molecule has 1 N–H and O–H groups in total. The Morgan fingerprint density at radius 2 is 1.95 bits per heavy atom. The Balaban J connectivity index is 1.91. The van der Waals surface area contributed by atoms with E-state index in [1.807, 2.05) is 0 Å². The molecule has 2 aromatic rings. The van der Waals surface area contributed by atoms with Crippen LogP contribution in [0.4, 0.5) is 5.13 Å². The molecule has 0 radical (unpaired) electrons. The molecule has 4 heteroatoms. The molecular formula is C17H22N2OS. The van der Waals surface area contributed by atoms with Crippen LogP contribution in [0.1, 0.15) is 42.5 Å². The molecular weight excluding hydrogens is 280 g/mol. The van der Waals surface area contributed by atoms with Gasteiger partial charge >= 0.3 is 0 Å². The highest BCUT2D eigenvalue weighted by atomic mass is 32.1. The van der Waals surface area contributed by atoms with Gasteiger partial charge in [-0.05, 0) is 17.5 Å². The fourth-order valence-corrected chi connectivity index (χ4v) is 3.98. The Bertz CT molecular complexity index is 642. The van der Waals surface area contributed by atoms with E-state index in [0.29, 0.717) is 0 Å². The van der Waals surface area contributed by atoms with Crippen molar-refractivity contribution in [2.45, 2.75) is 45.8 Å². The SMILES string of the molecule is CC(C)(C)c1nc(N2CCc3ccccc3C2)sc1CO. The average Bonchev–Trinajstić information content (AvgIpc) is 2.91. The van der Waals surface area contributed by atoms with E-state index in [1.54, 1.807) is 11.3 Å². The van der Waals surface area contributed by atoms with Crippen LogP contribution in [-0.4, -0.2) is 16.6 Å². The molecule has 2 heterocycles. The molecule has 0 atom stereocenters. The van der Waals surface area contributed by atoms with Crippen molar-refractivity contribution >= 4 is 16.5 Å².